The van der Waals surface area contributed by atoms with E-state index in [-0.39, 0.29) is 12.1 Å². The molecule has 1 aromatic carbocycles. The number of nitrogens with two attached hydrogens (primary N) is 1. The van der Waals surface area contributed by atoms with Crippen molar-refractivity contribution in [3.63, 3.8) is 0 Å². The maximum atomic E-state index is 12.0. The first-order valence-corrected chi connectivity index (χ1v) is 8.00. The lowest BCUT2D eigenvalue weighted by Gasteiger charge is -2.23. The molecule has 0 saturated carbocycles. The Morgan fingerprint density at radius 1 is 1.22 bits per heavy atom. The molecule has 2 aromatic rings. The van der Waals surface area contributed by atoms with E-state index in [2.05, 4.69) is 21.6 Å². The Labute approximate surface area is 139 Å². The average molecular weight is 332 g/mol. The van der Waals surface area contributed by atoms with Crippen LogP contribution in [0.2, 0.25) is 0 Å². The molecule has 7 heteroatoms. The summed E-state index contributed by atoms with van der Waals surface area (Å²) in [5.41, 5.74) is 6.18. The van der Waals surface area contributed by atoms with E-state index in [4.69, 9.17) is 5.73 Å². The molecule has 4 N–H and O–H groups in total. The highest BCUT2D eigenvalue weighted by Crippen LogP contribution is 2.22. The van der Waals surface area contributed by atoms with E-state index in [0.717, 1.165) is 0 Å². The van der Waals surface area contributed by atoms with Crippen molar-refractivity contribution in [3.8, 4) is 0 Å². The summed E-state index contributed by atoms with van der Waals surface area (Å²) in [6, 6.07) is 10.3. The highest BCUT2D eigenvalue weighted by atomic mass is 32.1. The van der Waals surface area contributed by atoms with Crippen molar-refractivity contribution in [2.45, 2.75) is 6.04 Å². The van der Waals surface area contributed by atoms with E-state index < -0.39 is 5.91 Å². The molecule has 0 bridgehead atoms. The molecule has 3 amide bonds. The Bertz CT molecular complexity index is 653. The molecule has 122 valence electrons. The summed E-state index contributed by atoms with van der Waals surface area (Å²) in [4.78, 5) is 26.3. The minimum atomic E-state index is -0.495. The van der Waals surface area contributed by atoms with Gasteiger partial charge in [0.25, 0.3) is 0 Å². The minimum absolute atomic E-state index is 0.123. The van der Waals surface area contributed by atoms with E-state index in [1.807, 2.05) is 25.5 Å². The molecule has 1 aromatic heterocycles. The molecule has 0 saturated heterocycles. The third-order valence-corrected chi connectivity index (χ3v) is 4.35. The van der Waals surface area contributed by atoms with Crippen LogP contribution in [0.4, 0.5) is 10.5 Å². The van der Waals surface area contributed by atoms with Gasteiger partial charge in [0.1, 0.15) is 0 Å². The number of amides is 3. The molecule has 1 heterocycles. The second-order valence-corrected chi connectivity index (χ2v) is 6.25. The quantitative estimate of drug-likeness (QED) is 0.758. The Balaban J connectivity index is 1.90. The fourth-order valence-electron chi connectivity index (χ4n) is 2.10. The lowest BCUT2D eigenvalue weighted by molar-refractivity contribution is 0.100. The van der Waals surface area contributed by atoms with Crippen LogP contribution in [-0.2, 0) is 0 Å². The molecule has 1 atom stereocenters. The molecule has 0 aliphatic carbocycles. The smallest absolute Gasteiger partial charge is 0.319 e. The van der Waals surface area contributed by atoms with Gasteiger partial charge in [-0.25, -0.2) is 4.79 Å². The molecule has 0 aliphatic heterocycles. The summed E-state index contributed by atoms with van der Waals surface area (Å²) in [5.74, 6) is -0.495. The van der Waals surface area contributed by atoms with Gasteiger partial charge in [0.2, 0.25) is 5.91 Å². The monoisotopic (exact) mass is 332 g/mol. The van der Waals surface area contributed by atoms with Crippen LogP contribution in [0.3, 0.4) is 0 Å². The Morgan fingerprint density at radius 3 is 2.43 bits per heavy atom. The zero-order chi connectivity index (χ0) is 16.8. The summed E-state index contributed by atoms with van der Waals surface area (Å²) in [5, 5.41) is 7.61. The number of thiophene rings is 1. The normalized spacial score (nSPS) is 12.0. The lowest BCUT2D eigenvalue weighted by Crippen LogP contribution is -2.36. The van der Waals surface area contributed by atoms with Gasteiger partial charge in [-0.15, -0.1) is 11.3 Å². The number of primary amides is 1. The Hall–Kier alpha value is -2.38. The lowest BCUT2D eigenvalue weighted by atomic mass is 10.2. The van der Waals surface area contributed by atoms with E-state index in [0.29, 0.717) is 17.8 Å². The first kappa shape index (κ1) is 17.0. The van der Waals surface area contributed by atoms with Gasteiger partial charge in [-0.05, 0) is 49.8 Å². The van der Waals surface area contributed by atoms with Gasteiger partial charge in [-0.1, -0.05) is 6.07 Å². The van der Waals surface area contributed by atoms with Crippen LogP contribution < -0.4 is 16.4 Å². The Morgan fingerprint density at radius 2 is 1.91 bits per heavy atom. The standard InChI is InChI=1S/C16H20N4O2S/c1-20(2)13(14-4-3-9-23-14)10-18-16(22)19-12-7-5-11(6-8-12)15(17)21/h3-9,13H,10H2,1-2H3,(H2,17,21)(H2,18,19,22). The number of rotatable bonds is 6. The molecule has 0 fully saturated rings. The number of urea groups is 1. The fourth-order valence-corrected chi connectivity index (χ4v) is 3.02. The third-order valence-electron chi connectivity index (χ3n) is 3.38. The third kappa shape index (κ3) is 4.80. The SMILES string of the molecule is CN(C)C(CNC(=O)Nc1ccc(C(N)=O)cc1)c1cccs1. The van der Waals surface area contributed by atoms with Crippen molar-refractivity contribution in [2.24, 2.45) is 5.73 Å². The molecule has 23 heavy (non-hydrogen) atoms. The molecule has 0 spiro atoms. The first-order valence-electron chi connectivity index (χ1n) is 7.12. The van der Waals surface area contributed by atoms with Crippen LogP contribution in [0.1, 0.15) is 21.3 Å². The van der Waals surface area contributed by atoms with Gasteiger partial charge >= 0.3 is 6.03 Å². The zero-order valence-corrected chi connectivity index (χ0v) is 13.9. The van der Waals surface area contributed by atoms with Crippen molar-refractivity contribution in [1.29, 1.82) is 0 Å². The number of anilines is 1. The maximum absolute atomic E-state index is 12.0. The van der Waals surface area contributed by atoms with Crippen LogP contribution in [0, 0.1) is 0 Å². The first-order chi connectivity index (χ1) is 11.0. The average Bonchev–Trinajstić information content (AvgIpc) is 3.01. The molecule has 1 unspecified atom stereocenters. The number of hydrogen-bond acceptors (Lipinski definition) is 4. The molecule has 0 radical (unpaired) electrons. The van der Waals surface area contributed by atoms with Gasteiger partial charge < -0.3 is 21.3 Å². The molecular formula is C16H20N4O2S. The largest absolute Gasteiger partial charge is 0.366 e. The highest BCUT2D eigenvalue weighted by Gasteiger charge is 2.16. The molecule has 6 nitrogen and oxygen atoms in total. The van der Waals surface area contributed by atoms with Gasteiger partial charge in [-0.3, -0.25) is 4.79 Å². The molecular weight excluding hydrogens is 312 g/mol. The van der Waals surface area contributed by atoms with Crippen LogP contribution in [0.5, 0.6) is 0 Å². The minimum Gasteiger partial charge on any atom is -0.366 e. The van der Waals surface area contributed by atoms with Crippen molar-refractivity contribution < 1.29 is 9.59 Å². The highest BCUT2D eigenvalue weighted by molar-refractivity contribution is 7.10. The van der Waals surface area contributed by atoms with Gasteiger partial charge in [0, 0.05) is 22.7 Å². The fraction of sp³-hybridized carbons (Fsp3) is 0.250. The molecule has 0 aliphatic rings. The van der Waals surface area contributed by atoms with Crippen LogP contribution >= 0.6 is 11.3 Å². The number of benzene rings is 1. The number of likely N-dealkylation sites (N-methyl/N-ethyl adjacent to an activating group) is 1. The van der Waals surface area contributed by atoms with Gasteiger partial charge in [0.05, 0.1) is 6.04 Å². The van der Waals surface area contributed by atoms with Crippen molar-refractivity contribution in [2.75, 3.05) is 26.0 Å². The van der Waals surface area contributed by atoms with E-state index >= 15 is 0 Å². The van der Waals surface area contributed by atoms with Crippen molar-refractivity contribution in [1.82, 2.24) is 10.2 Å². The number of nitrogens with zero attached hydrogens (tertiary/aromatic N) is 1. The predicted molar refractivity (Wildman–Crippen MR) is 92.7 cm³/mol. The second-order valence-electron chi connectivity index (χ2n) is 5.27. The van der Waals surface area contributed by atoms with E-state index in [9.17, 15) is 9.59 Å². The van der Waals surface area contributed by atoms with E-state index in [1.165, 1.54) is 4.88 Å². The van der Waals surface area contributed by atoms with Crippen LogP contribution in [0.15, 0.2) is 41.8 Å². The van der Waals surface area contributed by atoms with Crippen molar-refractivity contribution in [3.05, 3.63) is 52.2 Å². The van der Waals surface area contributed by atoms with E-state index in [1.54, 1.807) is 35.6 Å². The second kappa shape index (κ2) is 7.75. The van der Waals surface area contributed by atoms with Crippen LogP contribution in [0.25, 0.3) is 0 Å². The summed E-state index contributed by atoms with van der Waals surface area (Å²) in [6.07, 6.45) is 0. The summed E-state index contributed by atoms with van der Waals surface area (Å²) < 4.78 is 0. The van der Waals surface area contributed by atoms with Gasteiger partial charge in [-0.2, -0.15) is 0 Å². The topological polar surface area (TPSA) is 87.5 Å². The predicted octanol–water partition coefficient (Wildman–Crippen LogP) is 2.27. The molecule has 2 rings (SSSR count). The Kier molecular flexibility index (Phi) is 5.72. The zero-order valence-electron chi connectivity index (χ0n) is 13.1. The number of nitrogens with one attached hydrogen (secondary N) is 2. The summed E-state index contributed by atoms with van der Waals surface area (Å²) >= 11 is 1.66. The number of carbonyl (C=O) groups excluding carboxylic acids is 2. The number of hydrogen-bond donors (Lipinski definition) is 3. The maximum Gasteiger partial charge on any atom is 0.319 e. The van der Waals surface area contributed by atoms with Crippen molar-refractivity contribution >= 4 is 29.0 Å². The number of carbonyl (C=O) groups is 2. The van der Waals surface area contributed by atoms with Crippen LogP contribution in [-0.4, -0.2) is 37.5 Å². The summed E-state index contributed by atoms with van der Waals surface area (Å²) in [6.45, 7) is 0.499. The van der Waals surface area contributed by atoms with Gasteiger partial charge in [0.15, 0.2) is 0 Å². The summed E-state index contributed by atoms with van der Waals surface area (Å²) in [7, 11) is 3.96.